The third-order valence-electron chi connectivity index (χ3n) is 1.69. The summed E-state index contributed by atoms with van der Waals surface area (Å²) in [7, 11) is 1.91. The zero-order chi connectivity index (χ0) is 8.27. The Hall–Kier alpha value is -0.470. The number of nitrogens with one attached hydrogen (secondary N) is 1. The van der Waals surface area contributed by atoms with Crippen molar-refractivity contribution < 1.29 is 4.42 Å². The second kappa shape index (κ2) is 3.79. The van der Waals surface area contributed by atoms with E-state index in [0.29, 0.717) is 5.02 Å². The fourth-order valence-corrected chi connectivity index (χ4v) is 1.21. The van der Waals surface area contributed by atoms with Gasteiger partial charge in [0, 0.05) is 0 Å². The number of furan rings is 1. The molecule has 0 aliphatic heterocycles. The molecule has 62 valence electrons. The van der Waals surface area contributed by atoms with Crippen LogP contribution in [0.5, 0.6) is 0 Å². The normalized spacial score (nSPS) is 13.4. The number of rotatable bonds is 3. The van der Waals surface area contributed by atoms with Gasteiger partial charge in [-0.25, -0.2) is 0 Å². The highest BCUT2D eigenvalue weighted by Crippen LogP contribution is 2.21. The van der Waals surface area contributed by atoms with Crippen molar-refractivity contribution in [2.75, 3.05) is 7.05 Å². The highest BCUT2D eigenvalue weighted by molar-refractivity contribution is 6.30. The Labute approximate surface area is 71.5 Å². The standard InChI is InChI=1S/C8H12ClNO/c1-3-7(10-2)8-4-6(9)5-11-8/h4-5,7,10H,3H2,1-2H3/t7-/m1/s1. The van der Waals surface area contributed by atoms with Crippen LogP contribution in [0.15, 0.2) is 16.7 Å². The molecule has 1 aromatic rings. The van der Waals surface area contributed by atoms with E-state index in [1.807, 2.05) is 13.1 Å². The zero-order valence-corrected chi connectivity index (χ0v) is 7.48. The lowest BCUT2D eigenvalue weighted by Crippen LogP contribution is -2.14. The quantitative estimate of drug-likeness (QED) is 0.760. The molecular formula is C8H12ClNO. The molecule has 1 rings (SSSR count). The Morgan fingerprint density at radius 3 is 2.82 bits per heavy atom. The molecular weight excluding hydrogens is 162 g/mol. The second-order valence-corrected chi connectivity index (χ2v) is 2.85. The first kappa shape index (κ1) is 8.62. The van der Waals surface area contributed by atoms with E-state index in [2.05, 4.69) is 12.2 Å². The number of halogens is 1. The minimum atomic E-state index is 0.280. The summed E-state index contributed by atoms with van der Waals surface area (Å²) in [4.78, 5) is 0. The Kier molecular flexibility index (Phi) is 2.97. The lowest BCUT2D eigenvalue weighted by molar-refractivity contribution is 0.424. The lowest BCUT2D eigenvalue weighted by Gasteiger charge is -2.08. The molecule has 1 N–H and O–H groups in total. The van der Waals surface area contributed by atoms with Crippen LogP contribution in [0.3, 0.4) is 0 Å². The van der Waals surface area contributed by atoms with Crippen LogP contribution in [-0.4, -0.2) is 7.05 Å². The van der Waals surface area contributed by atoms with Gasteiger partial charge < -0.3 is 9.73 Å². The molecule has 0 radical (unpaired) electrons. The topological polar surface area (TPSA) is 25.2 Å². The smallest absolute Gasteiger partial charge is 0.122 e. The van der Waals surface area contributed by atoms with Crippen molar-refractivity contribution in [3.05, 3.63) is 23.1 Å². The van der Waals surface area contributed by atoms with Gasteiger partial charge in [0.1, 0.15) is 12.0 Å². The van der Waals surface area contributed by atoms with E-state index >= 15 is 0 Å². The van der Waals surface area contributed by atoms with Crippen molar-refractivity contribution in [1.29, 1.82) is 0 Å². The summed E-state index contributed by atoms with van der Waals surface area (Å²) in [5.41, 5.74) is 0. The van der Waals surface area contributed by atoms with Crippen molar-refractivity contribution >= 4 is 11.6 Å². The Morgan fingerprint density at radius 2 is 2.45 bits per heavy atom. The molecule has 1 heterocycles. The molecule has 0 unspecified atom stereocenters. The molecule has 11 heavy (non-hydrogen) atoms. The van der Waals surface area contributed by atoms with Crippen LogP contribution < -0.4 is 5.32 Å². The highest BCUT2D eigenvalue weighted by Gasteiger charge is 2.09. The molecule has 0 aromatic carbocycles. The summed E-state index contributed by atoms with van der Waals surface area (Å²) in [5.74, 6) is 0.903. The fraction of sp³-hybridized carbons (Fsp3) is 0.500. The lowest BCUT2D eigenvalue weighted by atomic mass is 10.2. The van der Waals surface area contributed by atoms with E-state index in [4.69, 9.17) is 16.0 Å². The van der Waals surface area contributed by atoms with E-state index in [9.17, 15) is 0 Å². The van der Waals surface area contributed by atoms with Gasteiger partial charge in [0.15, 0.2) is 0 Å². The maximum atomic E-state index is 5.70. The predicted octanol–water partition coefficient (Wildman–Crippen LogP) is 2.60. The van der Waals surface area contributed by atoms with Gasteiger partial charge >= 0.3 is 0 Å². The summed E-state index contributed by atoms with van der Waals surface area (Å²) in [6.07, 6.45) is 2.55. The highest BCUT2D eigenvalue weighted by atomic mass is 35.5. The average Bonchev–Trinajstić information content (AvgIpc) is 2.39. The van der Waals surface area contributed by atoms with Crippen LogP contribution in [0.2, 0.25) is 5.02 Å². The van der Waals surface area contributed by atoms with Gasteiger partial charge in [-0.1, -0.05) is 18.5 Å². The van der Waals surface area contributed by atoms with E-state index in [1.165, 1.54) is 0 Å². The van der Waals surface area contributed by atoms with E-state index in [0.717, 1.165) is 12.2 Å². The van der Waals surface area contributed by atoms with Crippen LogP contribution >= 0.6 is 11.6 Å². The van der Waals surface area contributed by atoms with Crippen molar-refractivity contribution in [2.24, 2.45) is 0 Å². The monoisotopic (exact) mass is 173 g/mol. The van der Waals surface area contributed by atoms with Gasteiger partial charge in [0.25, 0.3) is 0 Å². The number of hydrogen-bond donors (Lipinski definition) is 1. The van der Waals surface area contributed by atoms with Crippen molar-refractivity contribution in [3.63, 3.8) is 0 Å². The van der Waals surface area contributed by atoms with Crippen LogP contribution in [0.25, 0.3) is 0 Å². The van der Waals surface area contributed by atoms with E-state index in [-0.39, 0.29) is 6.04 Å². The molecule has 0 amide bonds. The summed E-state index contributed by atoms with van der Waals surface area (Å²) >= 11 is 5.70. The molecule has 0 saturated heterocycles. The third-order valence-corrected chi connectivity index (χ3v) is 1.89. The molecule has 2 nitrogen and oxygen atoms in total. The minimum absolute atomic E-state index is 0.280. The largest absolute Gasteiger partial charge is 0.466 e. The molecule has 3 heteroatoms. The molecule has 0 aliphatic carbocycles. The molecule has 1 aromatic heterocycles. The van der Waals surface area contributed by atoms with Gasteiger partial charge in [-0.2, -0.15) is 0 Å². The summed E-state index contributed by atoms with van der Waals surface area (Å²) in [6, 6.07) is 2.12. The van der Waals surface area contributed by atoms with Gasteiger partial charge in [-0.05, 0) is 19.5 Å². The summed E-state index contributed by atoms with van der Waals surface area (Å²) in [5, 5.41) is 3.79. The van der Waals surface area contributed by atoms with Gasteiger partial charge in [-0.15, -0.1) is 0 Å². The first-order chi connectivity index (χ1) is 5.27. The first-order valence-corrected chi connectivity index (χ1v) is 4.07. The molecule has 0 aliphatic rings. The van der Waals surface area contributed by atoms with E-state index in [1.54, 1.807) is 6.26 Å². The maximum Gasteiger partial charge on any atom is 0.122 e. The van der Waals surface area contributed by atoms with Crippen LogP contribution in [0.4, 0.5) is 0 Å². The SMILES string of the molecule is CC[C@@H](NC)c1cc(Cl)co1. The average molecular weight is 174 g/mol. The van der Waals surface area contributed by atoms with Crippen molar-refractivity contribution in [2.45, 2.75) is 19.4 Å². The molecule has 1 atom stereocenters. The first-order valence-electron chi connectivity index (χ1n) is 3.69. The second-order valence-electron chi connectivity index (χ2n) is 2.42. The third kappa shape index (κ3) is 1.98. The van der Waals surface area contributed by atoms with E-state index < -0.39 is 0 Å². The van der Waals surface area contributed by atoms with Crippen molar-refractivity contribution in [3.8, 4) is 0 Å². The summed E-state index contributed by atoms with van der Waals surface area (Å²) < 4.78 is 5.21. The minimum Gasteiger partial charge on any atom is -0.466 e. The number of hydrogen-bond acceptors (Lipinski definition) is 2. The van der Waals surface area contributed by atoms with Gasteiger partial charge in [-0.3, -0.25) is 0 Å². The Morgan fingerprint density at radius 1 is 1.73 bits per heavy atom. The molecule has 0 spiro atoms. The predicted molar refractivity (Wildman–Crippen MR) is 45.8 cm³/mol. The zero-order valence-electron chi connectivity index (χ0n) is 6.73. The Balaban J connectivity index is 2.73. The maximum absolute atomic E-state index is 5.70. The fourth-order valence-electron chi connectivity index (χ4n) is 1.06. The van der Waals surface area contributed by atoms with Gasteiger partial charge in [0.05, 0.1) is 11.1 Å². The van der Waals surface area contributed by atoms with Gasteiger partial charge in [0.2, 0.25) is 0 Å². The molecule has 0 saturated carbocycles. The van der Waals surface area contributed by atoms with Crippen LogP contribution in [-0.2, 0) is 0 Å². The van der Waals surface area contributed by atoms with Crippen LogP contribution in [0, 0.1) is 0 Å². The summed E-state index contributed by atoms with van der Waals surface area (Å²) in [6.45, 7) is 2.09. The van der Waals surface area contributed by atoms with Crippen LogP contribution in [0.1, 0.15) is 25.1 Å². The Bertz CT molecular complexity index is 218. The molecule has 0 bridgehead atoms. The molecule has 0 fully saturated rings. The van der Waals surface area contributed by atoms with Crippen molar-refractivity contribution in [1.82, 2.24) is 5.32 Å².